The summed E-state index contributed by atoms with van der Waals surface area (Å²) >= 11 is 6.28. The van der Waals surface area contributed by atoms with Gasteiger partial charge in [0.25, 0.3) is 0 Å². The standard InChI is InChI=1S/C22H22ClFN5O3P/c1-5-20(30)26-16-11-17(18(32-2)10-14(16)24)28-22-25-12-13(23)21(29-22)27-15-8-6-7-9-19(15)33(3,4)31/h5-12H,1H2,2-4H3,(H,26,30)(H2,25,27,28,29). The summed E-state index contributed by atoms with van der Waals surface area (Å²) in [4.78, 5) is 20.1. The third-order valence-electron chi connectivity index (χ3n) is 4.46. The Hall–Kier alpha value is -3.42. The number of halogens is 2. The summed E-state index contributed by atoms with van der Waals surface area (Å²) in [6, 6.07) is 9.63. The molecule has 3 N–H and O–H groups in total. The molecule has 0 aliphatic rings. The molecule has 1 aromatic heterocycles. The fraction of sp³-hybridized carbons (Fsp3) is 0.136. The molecule has 0 spiro atoms. The molecule has 0 bridgehead atoms. The molecule has 0 atom stereocenters. The van der Waals surface area contributed by atoms with Gasteiger partial charge in [0.2, 0.25) is 11.9 Å². The van der Waals surface area contributed by atoms with E-state index in [2.05, 4.69) is 32.5 Å². The Bertz CT molecular complexity index is 1260. The van der Waals surface area contributed by atoms with Gasteiger partial charge in [0.05, 0.1) is 30.4 Å². The Morgan fingerprint density at radius 3 is 2.58 bits per heavy atom. The molecule has 3 rings (SSSR count). The van der Waals surface area contributed by atoms with Crippen LogP contribution >= 0.6 is 18.7 Å². The molecule has 0 saturated carbocycles. The first-order valence-electron chi connectivity index (χ1n) is 9.64. The van der Waals surface area contributed by atoms with Crippen LogP contribution in [-0.2, 0) is 9.36 Å². The minimum absolute atomic E-state index is 0.0777. The molecular weight excluding hydrogens is 468 g/mol. The zero-order valence-electron chi connectivity index (χ0n) is 18.1. The molecular formula is C22H22ClFN5O3P. The number of nitrogens with one attached hydrogen (secondary N) is 3. The summed E-state index contributed by atoms with van der Waals surface area (Å²) < 4.78 is 32.2. The number of anilines is 5. The van der Waals surface area contributed by atoms with Crippen molar-refractivity contribution in [3.63, 3.8) is 0 Å². The monoisotopic (exact) mass is 489 g/mol. The Morgan fingerprint density at radius 2 is 1.91 bits per heavy atom. The molecule has 0 radical (unpaired) electrons. The van der Waals surface area contributed by atoms with Gasteiger partial charge in [-0.05, 0) is 37.6 Å². The van der Waals surface area contributed by atoms with E-state index in [1.807, 2.05) is 0 Å². The molecule has 0 fully saturated rings. The van der Waals surface area contributed by atoms with Gasteiger partial charge in [-0.1, -0.05) is 30.3 Å². The number of ether oxygens (including phenoxy) is 1. The van der Waals surface area contributed by atoms with Gasteiger partial charge in [-0.3, -0.25) is 4.79 Å². The van der Waals surface area contributed by atoms with E-state index >= 15 is 0 Å². The summed E-state index contributed by atoms with van der Waals surface area (Å²) in [7, 11) is -1.19. The van der Waals surface area contributed by atoms with E-state index in [9.17, 15) is 13.8 Å². The van der Waals surface area contributed by atoms with Gasteiger partial charge < -0.3 is 25.3 Å². The maximum atomic E-state index is 14.3. The van der Waals surface area contributed by atoms with Crippen molar-refractivity contribution >= 4 is 58.8 Å². The van der Waals surface area contributed by atoms with Crippen molar-refractivity contribution in [3.05, 3.63) is 66.1 Å². The van der Waals surface area contributed by atoms with Crippen molar-refractivity contribution in [1.29, 1.82) is 0 Å². The maximum absolute atomic E-state index is 14.3. The summed E-state index contributed by atoms with van der Waals surface area (Å²) in [5.41, 5.74) is 0.829. The fourth-order valence-corrected chi connectivity index (χ4v) is 4.21. The number of carbonyl (C=O) groups excluding carboxylic acids is 1. The van der Waals surface area contributed by atoms with Crippen LogP contribution in [-0.4, -0.2) is 36.3 Å². The van der Waals surface area contributed by atoms with E-state index < -0.39 is 18.9 Å². The van der Waals surface area contributed by atoms with Gasteiger partial charge in [-0.25, -0.2) is 9.37 Å². The zero-order valence-corrected chi connectivity index (χ0v) is 19.8. The molecule has 0 unspecified atom stereocenters. The van der Waals surface area contributed by atoms with E-state index in [1.54, 1.807) is 37.6 Å². The Balaban J connectivity index is 1.95. The molecule has 1 heterocycles. The van der Waals surface area contributed by atoms with Crippen molar-refractivity contribution in [1.82, 2.24) is 9.97 Å². The van der Waals surface area contributed by atoms with Crippen LogP contribution in [0.2, 0.25) is 5.02 Å². The predicted molar refractivity (Wildman–Crippen MR) is 131 cm³/mol. The first-order valence-corrected chi connectivity index (χ1v) is 12.6. The normalized spacial score (nSPS) is 10.9. The van der Waals surface area contributed by atoms with Crippen LogP contribution < -0.4 is 26.0 Å². The van der Waals surface area contributed by atoms with Crippen LogP contribution in [0.1, 0.15) is 0 Å². The van der Waals surface area contributed by atoms with Gasteiger partial charge in [-0.15, -0.1) is 0 Å². The lowest BCUT2D eigenvalue weighted by Crippen LogP contribution is -2.11. The summed E-state index contributed by atoms with van der Waals surface area (Å²) in [5, 5.41) is 9.31. The molecule has 33 heavy (non-hydrogen) atoms. The molecule has 0 aliphatic heterocycles. The second kappa shape index (κ2) is 10.0. The number of methoxy groups -OCH3 is 1. The number of hydrogen-bond donors (Lipinski definition) is 3. The average molecular weight is 490 g/mol. The van der Waals surface area contributed by atoms with Crippen LogP contribution in [0.15, 0.2) is 55.3 Å². The van der Waals surface area contributed by atoms with Gasteiger partial charge in [-0.2, -0.15) is 4.98 Å². The molecule has 172 valence electrons. The maximum Gasteiger partial charge on any atom is 0.247 e. The zero-order chi connectivity index (χ0) is 24.2. The first kappa shape index (κ1) is 24.2. The first-order chi connectivity index (χ1) is 15.6. The van der Waals surface area contributed by atoms with E-state index in [0.717, 1.165) is 12.1 Å². The number of aromatic nitrogens is 2. The highest BCUT2D eigenvalue weighted by atomic mass is 35.5. The summed E-state index contributed by atoms with van der Waals surface area (Å²) in [6.45, 7) is 6.70. The average Bonchev–Trinajstić information content (AvgIpc) is 2.77. The number of amides is 1. The number of carbonyl (C=O) groups is 1. The Labute approximate surface area is 195 Å². The highest BCUT2D eigenvalue weighted by Crippen LogP contribution is 2.39. The minimum atomic E-state index is -2.57. The summed E-state index contributed by atoms with van der Waals surface area (Å²) in [6.07, 6.45) is 2.41. The van der Waals surface area contributed by atoms with Gasteiger partial charge in [0.1, 0.15) is 17.9 Å². The topological polar surface area (TPSA) is 105 Å². The lowest BCUT2D eigenvalue weighted by Gasteiger charge is -2.16. The van der Waals surface area contributed by atoms with Gasteiger partial charge >= 0.3 is 0 Å². The number of para-hydroxylation sites is 1. The second-order valence-corrected chi connectivity index (χ2v) is 10.8. The number of nitrogens with zero attached hydrogens (tertiary/aromatic N) is 2. The smallest absolute Gasteiger partial charge is 0.247 e. The molecule has 0 saturated heterocycles. The van der Waals surface area contributed by atoms with Gasteiger partial charge in [0, 0.05) is 11.4 Å². The molecule has 11 heteroatoms. The van der Waals surface area contributed by atoms with Crippen molar-refractivity contribution in [2.75, 3.05) is 36.4 Å². The van der Waals surface area contributed by atoms with Crippen LogP contribution in [0.5, 0.6) is 5.75 Å². The third kappa shape index (κ3) is 5.88. The van der Waals surface area contributed by atoms with Crippen molar-refractivity contribution in [3.8, 4) is 5.75 Å². The van der Waals surface area contributed by atoms with E-state index in [0.29, 0.717) is 16.7 Å². The van der Waals surface area contributed by atoms with Crippen molar-refractivity contribution in [2.24, 2.45) is 0 Å². The highest BCUT2D eigenvalue weighted by molar-refractivity contribution is 7.70. The lowest BCUT2D eigenvalue weighted by atomic mass is 10.2. The van der Waals surface area contributed by atoms with E-state index in [1.165, 1.54) is 19.4 Å². The van der Waals surface area contributed by atoms with Crippen LogP contribution in [0.4, 0.5) is 33.2 Å². The molecule has 2 aromatic carbocycles. The van der Waals surface area contributed by atoms with Crippen molar-refractivity contribution < 1.29 is 18.5 Å². The lowest BCUT2D eigenvalue weighted by molar-refractivity contribution is -0.111. The second-order valence-electron chi connectivity index (χ2n) is 7.23. The SMILES string of the molecule is C=CC(=O)Nc1cc(Nc2ncc(Cl)c(Nc3ccccc3P(C)(C)=O)n2)c(OC)cc1F. The molecule has 3 aromatic rings. The predicted octanol–water partition coefficient (Wildman–Crippen LogP) is 5.14. The number of hydrogen-bond acceptors (Lipinski definition) is 7. The summed E-state index contributed by atoms with van der Waals surface area (Å²) in [5.74, 6) is -0.688. The van der Waals surface area contributed by atoms with Crippen LogP contribution in [0.3, 0.4) is 0 Å². The van der Waals surface area contributed by atoms with Crippen LogP contribution in [0, 0.1) is 5.82 Å². The molecule has 1 amide bonds. The molecule has 0 aliphatic carbocycles. The number of benzene rings is 2. The fourth-order valence-electron chi connectivity index (χ4n) is 2.91. The van der Waals surface area contributed by atoms with Crippen LogP contribution in [0.25, 0.3) is 0 Å². The Kier molecular flexibility index (Phi) is 7.36. The largest absolute Gasteiger partial charge is 0.494 e. The highest BCUT2D eigenvalue weighted by Gasteiger charge is 2.18. The van der Waals surface area contributed by atoms with Gasteiger partial charge in [0.15, 0.2) is 11.6 Å². The third-order valence-corrected chi connectivity index (χ3v) is 6.29. The minimum Gasteiger partial charge on any atom is -0.494 e. The van der Waals surface area contributed by atoms with Crippen molar-refractivity contribution in [2.45, 2.75) is 0 Å². The van der Waals surface area contributed by atoms with E-state index in [-0.39, 0.29) is 28.2 Å². The molecule has 8 nitrogen and oxygen atoms in total. The quantitative estimate of drug-likeness (QED) is 0.297. The van der Waals surface area contributed by atoms with E-state index in [4.69, 9.17) is 16.3 Å². The number of rotatable bonds is 8. The Morgan fingerprint density at radius 1 is 1.18 bits per heavy atom.